The summed E-state index contributed by atoms with van der Waals surface area (Å²) in [7, 11) is 0. The summed E-state index contributed by atoms with van der Waals surface area (Å²) in [4.78, 5) is 16.0. The Hall–Kier alpha value is -2.68. The zero-order valence-corrected chi connectivity index (χ0v) is 12.4. The molecule has 0 fully saturated rings. The molecule has 0 radical (unpaired) electrons. The number of benzene rings is 2. The number of hydrogen-bond acceptors (Lipinski definition) is 2. The van der Waals surface area contributed by atoms with E-state index in [0.717, 1.165) is 21.9 Å². The Kier molecular flexibility index (Phi) is 3.63. The molecule has 0 saturated heterocycles. The number of rotatable bonds is 4. The number of carboxylic acid groups (broad SMARTS) is 1. The van der Waals surface area contributed by atoms with Gasteiger partial charge in [-0.25, -0.2) is 0 Å². The number of fused-ring (bicyclic) bond motifs is 1. The van der Waals surface area contributed by atoms with Crippen molar-refractivity contribution >= 4 is 16.7 Å². The van der Waals surface area contributed by atoms with Crippen molar-refractivity contribution in [2.24, 2.45) is 0 Å². The van der Waals surface area contributed by atoms with Crippen molar-refractivity contribution in [3.8, 4) is 0 Å². The second-order valence-corrected chi connectivity index (χ2v) is 5.74. The van der Waals surface area contributed by atoms with Gasteiger partial charge < -0.3 is 5.11 Å². The molecule has 3 nitrogen and oxygen atoms in total. The normalized spacial score (nSPS) is 13.7. The van der Waals surface area contributed by atoms with Crippen LogP contribution in [-0.4, -0.2) is 16.1 Å². The molecular formula is C19H17NO2. The average Bonchev–Trinajstić information content (AvgIpc) is 2.55. The molecule has 0 saturated carbocycles. The molecule has 110 valence electrons. The molecule has 0 aliphatic heterocycles. The summed E-state index contributed by atoms with van der Waals surface area (Å²) in [6, 6.07) is 17.6. The maximum atomic E-state index is 11.9. The topological polar surface area (TPSA) is 50.2 Å². The van der Waals surface area contributed by atoms with Crippen LogP contribution in [0.4, 0.5) is 0 Å². The van der Waals surface area contributed by atoms with E-state index in [-0.39, 0.29) is 0 Å². The maximum absolute atomic E-state index is 11.9. The summed E-state index contributed by atoms with van der Waals surface area (Å²) in [5.74, 6) is -0.827. The van der Waals surface area contributed by atoms with Crippen LogP contribution in [0.3, 0.4) is 0 Å². The van der Waals surface area contributed by atoms with Gasteiger partial charge >= 0.3 is 5.97 Å². The zero-order chi connectivity index (χ0) is 15.6. The van der Waals surface area contributed by atoms with Gasteiger partial charge in [-0.3, -0.25) is 9.78 Å². The third-order valence-corrected chi connectivity index (χ3v) is 4.14. The van der Waals surface area contributed by atoms with Gasteiger partial charge in [0.15, 0.2) is 0 Å². The Balaban J connectivity index is 2.07. The van der Waals surface area contributed by atoms with E-state index in [1.165, 1.54) is 0 Å². The highest BCUT2D eigenvalue weighted by Crippen LogP contribution is 2.31. The Morgan fingerprint density at radius 1 is 1.09 bits per heavy atom. The summed E-state index contributed by atoms with van der Waals surface area (Å²) in [5.41, 5.74) is 0.746. The molecule has 0 aliphatic carbocycles. The minimum absolute atomic E-state index is 0.411. The number of aliphatic carboxylic acids is 1. The van der Waals surface area contributed by atoms with Crippen LogP contribution in [0.5, 0.6) is 0 Å². The smallest absolute Gasteiger partial charge is 0.314 e. The van der Waals surface area contributed by atoms with Crippen LogP contribution >= 0.6 is 0 Å². The highest BCUT2D eigenvalue weighted by atomic mass is 16.4. The van der Waals surface area contributed by atoms with Gasteiger partial charge in [0.1, 0.15) is 0 Å². The number of carboxylic acids is 1. The van der Waals surface area contributed by atoms with Crippen molar-refractivity contribution in [2.75, 3.05) is 0 Å². The van der Waals surface area contributed by atoms with Crippen molar-refractivity contribution < 1.29 is 9.90 Å². The lowest BCUT2D eigenvalue weighted by Crippen LogP contribution is -2.34. The number of hydrogen-bond donors (Lipinski definition) is 1. The fourth-order valence-corrected chi connectivity index (χ4v) is 2.74. The van der Waals surface area contributed by atoms with Crippen molar-refractivity contribution in [3.63, 3.8) is 0 Å². The molecule has 1 atom stereocenters. The van der Waals surface area contributed by atoms with Crippen LogP contribution in [0.2, 0.25) is 0 Å². The van der Waals surface area contributed by atoms with E-state index in [0.29, 0.717) is 6.42 Å². The molecular weight excluding hydrogens is 274 g/mol. The van der Waals surface area contributed by atoms with Gasteiger partial charge in [-0.1, -0.05) is 48.5 Å². The van der Waals surface area contributed by atoms with Gasteiger partial charge in [0.2, 0.25) is 0 Å². The fourth-order valence-electron chi connectivity index (χ4n) is 2.74. The maximum Gasteiger partial charge on any atom is 0.314 e. The van der Waals surface area contributed by atoms with E-state index < -0.39 is 11.4 Å². The number of carbonyl (C=O) groups is 1. The van der Waals surface area contributed by atoms with Gasteiger partial charge in [-0.2, -0.15) is 0 Å². The van der Waals surface area contributed by atoms with E-state index in [1.807, 2.05) is 54.6 Å². The Morgan fingerprint density at radius 3 is 2.55 bits per heavy atom. The van der Waals surface area contributed by atoms with Crippen LogP contribution in [0, 0.1) is 0 Å². The number of aromatic nitrogens is 1. The molecule has 3 heteroatoms. The summed E-state index contributed by atoms with van der Waals surface area (Å²) >= 11 is 0. The quantitative estimate of drug-likeness (QED) is 0.795. The molecule has 3 rings (SSSR count). The fraction of sp³-hybridized carbons (Fsp3) is 0.158. The first-order chi connectivity index (χ1) is 10.6. The molecule has 1 heterocycles. The summed E-state index contributed by atoms with van der Waals surface area (Å²) in [6.45, 7) is 1.77. The minimum atomic E-state index is -0.979. The zero-order valence-electron chi connectivity index (χ0n) is 12.4. The van der Waals surface area contributed by atoms with E-state index in [9.17, 15) is 9.90 Å². The van der Waals surface area contributed by atoms with E-state index >= 15 is 0 Å². The van der Waals surface area contributed by atoms with Crippen LogP contribution < -0.4 is 0 Å². The van der Waals surface area contributed by atoms with Gasteiger partial charge in [-0.15, -0.1) is 0 Å². The second kappa shape index (κ2) is 5.60. The highest BCUT2D eigenvalue weighted by Gasteiger charge is 2.35. The van der Waals surface area contributed by atoms with E-state index in [4.69, 9.17) is 0 Å². The van der Waals surface area contributed by atoms with Crippen LogP contribution in [-0.2, 0) is 16.6 Å². The van der Waals surface area contributed by atoms with Crippen LogP contribution in [0.15, 0.2) is 67.0 Å². The lowest BCUT2D eigenvalue weighted by atomic mass is 9.77. The van der Waals surface area contributed by atoms with E-state index in [2.05, 4.69) is 4.98 Å². The molecule has 22 heavy (non-hydrogen) atoms. The summed E-state index contributed by atoms with van der Waals surface area (Å²) in [5, 5.41) is 12.0. The Morgan fingerprint density at radius 2 is 1.86 bits per heavy atom. The van der Waals surface area contributed by atoms with Crippen LogP contribution in [0.1, 0.15) is 18.1 Å². The largest absolute Gasteiger partial charge is 0.481 e. The highest BCUT2D eigenvalue weighted by molar-refractivity contribution is 5.87. The first-order valence-corrected chi connectivity index (χ1v) is 7.21. The SMILES string of the molecule is CC(Cc1cccnc1)(C(=O)O)c1ccc2ccccc2c1. The molecule has 1 unspecified atom stereocenters. The molecule has 3 aromatic rings. The lowest BCUT2D eigenvalue weighted by Gasteiger charge is -2.26. The molecule has 1 N–H and O–H groups in total. The minimum Gasteiger partial charge on any atom is -0.481 e. The molecule has 0 aliphatic rings. The summed E-state index contributed by atoms with van der Waals surface area (Å²) in [6.07, 6.45) is 3.83. The second-order valence-electron chi connectivity index (χ2n) is 5.74. The molecule has 2 aromatic carbocycles. The van der Waals surface area contributed by atoms with Crippen molar-refractivity contribution in [3.05, 3.63) is 78.1 Å². The van der Waals surface area contributed by atoms with Crippen molar-refractivity contribution in [2.45, 2.75) is 18.8 Å². The average molecular weight is 291 g/mol. The Bertz CT molecular complexity index is 814. The first kappa shape index (κ1) is 14.3. The van der Waals surface area contributed by atoms with Gasteiger partial charge in [0.25, 0.3) is 0 Å². The molecule has 0 amide bonds. The van der Waals surface area contributed by atoms with Crippen molar-refractivity contribution in [1.29, 1.82) is 0 Å². The van der Waals surface area contributed by atoms with Gasteiger partial charge in [0, 0.05) is 12.4 Å². The molecule has 0 bridgehead atoms. The third kappa shape index (κ3) is 2.58. The van der Waals surface area contributed by atoms with Gasteiger partial charge in [0.05, 0.1) is 5.41 Å². The van der Waals surface area contributed by atoms with E-state index in [1.54, 1.807) is 19.3 Å². The van der Waals surface area contributed by atoms with Crippen LogP contribution in [0.25, 0.3) is 10.8 Å². The molecule has 1 aromatic heterocycles. The standard InChI is InChI=1S/C19H17NO2/c1-19(18(21)22,12-14-5-4-10-20-13-14)17-9-8-15-6-2-3-7-16(15)11-17/h2-11,13H,12H2,1H3,(H,21,22). The molecule has 0 spiro atoms. The predicted octanol–water partition coefficient (Wildman–Crippen LogP) is 3.82. The van der Waals surface area contributed by atoms with Crippen molar-refractivity contribution in [1.82, 2.24) is 4.98 Å². The lowest BCUT2D eigenvalue weighted by molar-refractivity contribution is -0.143. The third-order valence-electron chi connectivity index (χ3n) is 4.14. The Labute approximate surface area is 129 Å². The van der Waals surface area contributed by atoms with Gasteiger partial charge in [-0.05, 0) is 41.3 Å². The number of pyridine rings is 1. The predicted molar refractivity (Wildman–Crippen MR) is 86.9 cm³/mol. The monoisotopic (exact) mass is 291 g/mol. The summed E-state index contributed by atoms with van der Waals surface area (Å²) < 4.78 is 0. The first-order valence-electron chi connectivity index (χ1n) is 7.21. The number of nitrogens with zero attached hydrogens (tertiary/aromatic N) is 1.